The zero-order valence-electron chi connectivity index (χ0n) is 15.2. The van der Waals surface area contributed by atoms with Crippen molar-refractivity contribution in [3.8, 4) is 5.75 Å². The van der Waals surface area contributed by atoms with E-state index in [2.05, 4.69) is 4.74 Å². The minimum absolute atomic E-state index is 0.211. The number of Topliss-reactive ketones (excluding diaryl/α,β-unsaturated/α-hetero) is 1. The van der Waals surface area contributed by atoms with Gasteiger partial charge >= 0.3 is 5.97 Å². The third-order valence-corrected chi connectivity index (χ3v) is 4.32. The summed E-state index contributed by atoms with van der Waals surface area (Å²) in [6.07, 6.45) is 1.31. The van der Waals surface area contributed by atoms with Crippen LogP contribution in [0.3, 0.4) is 0 Å². The predicted octanol–water partition coefficient (Wildman–Crippen LogP) is 4.47. The number of aliphatic hydroxyl groups excluding tert-OH is 1. The molecule has 0 aliphatic rings. The van der Waals surface area contributed by atoms with Crippen LogP contribution in [0.1, 0.15) is 24.0 Å². The average molecular weight is 423 g/mol. The Morgan fingerprint density at radius 1 is 1.18 bits per heavy atom. The van der Waals surface area contributed by atoms with Gasteiger partial charge in [-0.3, -0.25) is 9.59 Å². The summed E-state index contributed by atoms with van der Waals surface area (Å²) in [5.74, 6) is -0.615. The lowest BCUT2D eigenvalue weighted by Crippen LogP contribution is -2.15. The van der Waals surface area contributed by atoms with Crippen molar-refractivity contribution in [2.45, 2.75) is 25.6 Å². The molecule has 0 aliphatic heterocycles. The first kappa shape index (κ1) is 22.0. The number of carbonyl (C=O) groups excluding carboxylic acids is 2. The van der Waals surface area contributed by atoms with Gasteiger partial charge in [0.15, 0.2) is 0 Å². The fourth-order valence-corrected chi connectivity index (χ4v) is 2.93. The lowest BCUT2D eigenvalue weighted by atomic mass is 10.1. The van der Waals surface area contributed by atoms with E-state index >= 15 is 0 Å². The fourth-order valence-electron chi connectivity index (χ4n) is 2.39. The number of ketones is 1. The second kappa shape index (κ2) is 10.9. The van der Waals surface area contributed by atoms with E-state index in [-0.39, 0.29) is 12.8 Å². The molecule has 7 heteroatoms. The van der Waals surface area contributed by atoms with E-state index in [1.54, 1.807) is 18.2 Å². The lowest BCUT2D eigenvalue weighted by Gasteiger charge is -2.12. The molecule has 1 atom stereocenters. The first-order chi connectivity index (χ1) is 13.4. The maximum atomic E-state index is 11.7. The Labute approximate surface area is 173 Å². The van der Waals surface area contributed by atoms with Crippen LogP contribution in [-0.4, -0.2) is 30.1 Å². The normalized spacial score (nSPS) is 12.0. The van der Waals surface area contributed by atoms with Gasteiger partial charge in [0.25, 0.3) is 0 Å². The molecule has 0 saturated carbocycles. The zero-order chi connectivity index (χ0) is 20.5. The first-order valence-electron chi connectivity index (χ1n) is 8.49. The SMILES string of the molecule is COC(=O)CC(=O)CC(O)C=Cc1c(Cl)cc(Cl)cc1OCc1ccccc1. The standard InChI is InChI=1S/C21H20Cl2O5/c1-27-21(26)12-17(25)11-16(24)7-8-18-19(23)9-15(22)10-20(18)28-13-14-5-3-2-4-6-14/h2-10,16,24H,11-13H2,1H3. The first-order valence-corrected chi connectivity index (χ1v) is 9.25. The van der Waals surface area contributed by atoms with Crippen LogP contribution in [0.5, 0.6) is 5.75 Å². The molecule has 0 aromatic heterocycles. The van der Waals surface area contributed by atoms with Gasteiger partial charge in [-0.15, -0.1) is 0 Å². The highest BCUT2D eigenvalue weighted by molar-refractivity contribution is 6.35. The van der Waals surface area contributed by atoms with Crippen LogP contribution >= 0.6 is 23.2 Å². The molecule has 0 radical (unpaired) electrons. The van der Waals surface area contributed by atoms with E-state index in [0.29, 0.717) is 28.0 Å². The monoisotopic (exact) mass is 422 g/mol. The Kier molecular flexibility index (Phi) is 8.51. The summed E-state index contributed by atoms with van der Waals surface area (Å²) in [5, 5.41) is 10.8. The van der Waals surface area contributed by atoms with E-state index in [0.717, 1.165) is 5.56 Å². The number of esters is 1. The van der Waals surface area contributed by atoms with E-state index in [9.17, 15) is 14.7 Å². The van der Waals surface area contributed by atoms with Crippen molar-refractivity contribution in [2.24, 2.45) is 0 Å². The molecule has 0 amide bonds. The largest absolute Gasteiger partial charge is 0.488 e. The van der Waals surface area contributed by atoms with Crippen LogP contribution in [0.15, 0.2) is 48.5 Å². The summed E-state index contributed by atoms with van der Waals surface area (Å²) < 4.78 is 10.3. The van der Waals surface area contributed by atoms with E-state index in [4.69, 9.17) is 27.9 Å². The number of hydrogen-bond donors (Lipinski definition) is 1. The van der Waals surface area contributed by atoms with Crippen LogP contribution < -0.4 is 4.74 Å². The molecular weight excluding hydrogens is 403 g/mol. The number of methoxy groups -OCH3 is 1. The van der Waals surface area contributed by atoms with Crippen LogP contribution in [-0.2, 0) is 20.9 Å². The van der Waals surface area contributed by atoms with E-state index < -0.39 is 17.9 Å². The minimum atomic E-state index is -1.08. The van der Waals surface area contributed by atoms with Crippen molar-refractivity contribution in [1.29, 1.82) is 0 Å². The molecule has 2 rings (SSSR count). The number of ether oxygens (including phenoxy) is 2. The van der Waals surface area contributed by atoms with Crippen molar-refractivity contribution in [2.75, 3.05) is 7.11 Å². The van der Waals surface area contributed by atoms with Crippen molar-refractivity contribution in [1.82, 2.24) is 0 Å². The van der Waals surface area contributed by atoms with E-state index in [1.807, 2.05) is 30.3 Å². The van der Waals surface area contributed by atoms with Gasteiger partial charge in [0.2, 0.25) is 0 Å². The van der Waals surface area contributed by atoms with Crippen LogP contribution in [0.2, 0.25) is 10.0 Å². The van der Waals surface area contributed by atoms with Gasteiger partial charge in [0, 0.05) is 17.0 Å². The molecule has 2 aromatic carbocycles. The summed E-state index contributed by atoms with van der Waals surface area (Å²) >= 11 is 12.3. The number of halogens is 2. The van der Waals surface area contributed by atoms with Gasteiger partial charge in [-0.2, -0.15) is 0 Å². The molecule has 1 unspecified atom stereocenters. The van der Waals surface area contributed by atoms with Crippen LogP contribution in [0.25, 0.3) is 6.08 Å². The average Bonchev–Trinajstić information content (AvgIpc) is 2.65. The molecular formula is C21H20Cl2O5. The highest BCUT2D eigenvalue weighted by atomic mass is 35.5. The van der Waals surface area contributed by atoms with Gasteiger partial charge in [0.1, 0.15) is 24.6 Å². The topological polar surface area (TPSA) is 72.8 Å². The number of hydrogen-bond acceptors (Lipinski definition) is 5. The molecule has 148 valence electrons. The molecule has 0 aliphatic carbocycles. The molecule has 2 aromatic rings. The second-order valence-electron chi connectivity index (χ2n) is 6.00. The highest BCUT2D eigenvalue weighted by Gasteiger charge is 2.14. The van der Waals surface area contributed by atoms with Gasteiger partial charge in [0.05, 0.1) is 18.2 Å². The molecule has 0 heterocycles. The number of carbonyl (C=O) groups is 2. The smallest absolute Gasteiger partial charge is 0.313 e. The highest BCUT2D eigenvalue weighted by Crippen LogP contribution is 2.33. The van der Waals surface area contributed by atoms with Crippen LogP contribution in [0, 0.1) is 0 Å². The van der Waals surface area contributed by atoms with Crippen molar-refractivity contribution < 1.29 is 24.2 Å². The van der Waals surface area contributed by atoms with Crippen LogP contribution in [0.4, 0.5) is 0 Å². The van der Waals surface area contributed by atoms with E-state index in [1.165, 1.54) is 13.2 Å². The van der Waals surface area contributed by atoms with Crippen molar-refractivity contribution in [3.63, 3.8) is 0 Å². The maximum absolute atomic E-state index is 11.7. The van der Waals surface area contributed by atoms with Gasteiger partial charge in [-0.05, 0) is 17.7 Å². The molecule has 0 fully saturated rings. The quantitative estimate of drug-likeness (QED) is 0.476. The number of aliphatic hydroxyl groups is 1. The molecule has 5 nitrogen and oxygen atoms in total. The Balaban J connectivity index is 2.09. The van der Waals surface area contributed by atoms with Gasteiger partial charge in [-0.25, -0.2) is 0 Å². The summed E-state index contributed by atoms with van der Waals surface area (Å²) in [7, 11) is 1.20. The third-order valence-electron chi connectivity index (χ3n) is 3.78. The lowest BCUT2D eigenvalue weighted by molar-refractivity contribution is -0.143. The molecule has 1 N–H and O–H groups in total. The summed E-state index contributed by atoms with van der Waals surface area (Å²) in [5.41, 5.74) is 1.50. The Morgan fingerprint density at radius 2 is 1.89 bits per heavy atom. The molecule has 0 bridgehead atoms. The molecule has 0 saturated heterocycles. The minimum Gasteiger partial charge on any atom is -0.488 e. The third kappa shape index (κ3) is 7.00. The maximum Gasteiger partial charge on any atom is 0.313 e. The van der Waals surface area contributed by atoms with Gasteiger partial charge in [-0.1, -0.05) is 65.7 Å². The summed E-state index contributed by atoms with van der Waals surface area (Å²) in [4.78, 5) is 22.8. The summed E-state index contributed by atoms with van der Waals surface area (Å²) in [6, 6.07) is 12.8. The predicted molar refractivity (Wildman–Crippen MR) is 109 cm³/mol. The molecule has 28 heavy (non-hydrogen) atoms. The van der Waals surface area contributed by atoms with Crippen molar-refractivity contribution in [3.05, 3.63) is 69.7 Å². The fraction of sp³-hybridized carbons (Fsp3) is 0.238. The zero-order valence-corrected chi connectivity index (χ0v) is 16.7. The van der Waals surface area contributed by atoms with Crippen molar-refractivity contribution >= 4 is 41.0 Å². The Morgan fingerprint density at radius 3 is 2.57 bits per heavy atom. The number of rotatable bonds is 9. The van der Waals surface area contributed by atoms with Gasteiger partial charge < -0.3 is 14.6 Å². The second-order valence-corrected chi connectivity index (χ2v) is 6.84. The Bertz CT molecular complexity index is 849. The summed E-state index contributed by atoms with van der Waals surface area (Å²) in [6.45, 7) is 0.318. The molecule has 0 spiro atoms. The Hall–Kier alpha value is -2.34. The number of benzene rings is 2.